The van der Waals surface area contributed by atoms with E-state index in [0.717, 1.165) is 5.56 Å². The highest BCUT2D eigenvalue weighted by Gasteiger charge is 2.47. The molecule has 0 radical (unpaired) electrons. The number of hydrogen-bond acceptors (Lipinski definition) is 10. The Morgan fingerprint density at radius 2 is 2.00 bits per heavy atom. The average Bonchev–Trinajstić information content (AvgIpc) is 3.25. The monoisotopic (exact) mass is 403 g/mol. The van der Waals surface area contributed by atoms with Crippen molar-refractivity contribution in [3.8, 4) is 6.01 Å². The molecule has 2 aromatic rings. The van der Waals surface area contributed by atoms with E-state index in [2.05, 4.69) is 15.3 Å². The van der Waals surface area contributed by atoms with Gasteiger partial charge in [0.1, 0.15) is 24.0 Å². The lowest BCUT2D eigenvalue weighted by atomic mass is 10.1. The quantitative estimate of drug-likeness (QED) is 0.432. The van der Waals surface area contributed by atoms with Crippen molar-refractivity contribution in [3.05, 3.63) is 35.4 Å². The topological polar surface area (TPSA) is 146 Å². The van der Waals surface area contributed by atoms with Crippen molar-refractivity contribution in [1.29, 1.82) is 0 Å². The van der Waals surface area contributed by atoms with Gasteiger partial charge in [0.25, 0.3) is 0 Å². The van der Waals surface area contributed by atoms with Crippen LogP contribution in [0, 0.1) is 6.92 Å². The van der Waals surface area contributed by atoms with Crippen LogP contribution >= 0.6 is 0 Å². The van der Waals surface area contributed by atoms with Crippen LogP contribution in [0.5, 0.6) is 6.01 Å². The maximum atomic E-state index is 10.3. The van der Waals surface area contributed by atoms with Crippen molar-refractivity contribution < 1.29 is 24.8 Å². The Kier molecular flexibility index (Phi) is 5.41. The Balaban J connectivity index is 1.48. The smallest absolute Gasteiger partial charge is 0.320 e. The SMILES string of the molecule is Cc1ccc(CCOc2nc(N)c3c(n2)N(C2OC(CO)[C@@H](O)[C@H]2O)CN3)cc1. The van der Waals surface area contributed by atoms with Gasteiger partial charge in [-0.15, -0.1) is 0 Å². The van der Waals surface area contributed by atoms with Crippen molar-refractivity contribution in [2.24, 2.45) is 0 Å². The summed E-state index contributed by atoms with van der Waals surface area (Å²) >= 11 is 0. The number of nitrogens with zero attached hydrogens (tertiary/aromatic N) is 3. The molecule has 156 valence electrons. The maximum absolute atomic E-state index is 10.3. The molecule has 3 heterocycles. The number of benzene rings is 1. The van der Waals surface area contributed by atoms with Gasteiger partial charge in [0, 0.05) is 6.42 Å². The van der Waals surface area contributed by atoms with Gasteiger partial charge < -0.3 is 40.7 Å². The zero-order chi connectivity index (χ0) is 20.5. The normalized spacial score (nSPS) is 25.7. The van der Waals surface area contributed by atoms with Gasteiger partial charge in [0.2, 0.25) is 0 Å². The third-order valence-corrected chi connectivity index (χ3v) is 5.16. The van der Waals surface area contributed by atoms with Gasteiger partial charge in [0.15, 0.2) is 17.9 Å². The van der Waals surface area contributed by atoms with Gasteiger partial charge in [-0.25, -0.2) is 0 Å². The number of nitrogens with two attached hydrogens (primary N) is 1. The Morgan fingerprint density at radius 1 is 1.24 bits per heavy atom. The molecule has 0 spiro atoms. The number of aliphatic hydroxyl groups is 3. The van der Waals surface area contributed by atoms with Crippen LogP contribution in [-0.4, -0.2) is 69.7 Å². The second-order valence-electron chi connectivity index (χ2n) is 7.21. The van der Waals surface area contributed by atoms with E-state index >= 15 is 0 Å². The zero-order valence-electron chi connectivity index (χ0n) is 16.0. The molecule has 1 aromatic heterocycles. The van der Waals surface area contributed by atoms with Crippen LogP contribution < -0.4 is 20.7 Å². The molecule has 4 atom stereocenters. The highest BCUT2D eigenvalue weighted by molar-refractivity contribution is 5.80. The summed E-state index contributed by atoms with van der Waals surface area (Å²) in [5, 5.41) is 32.7. The number of nitrogens with one attached hydrogen (secondary N) is 1. The molecule has 4 rings (SSSR count). The molecule has 29 heavy (non-hydrogen) atoms. The summed E-state index contributed by atoms with van der Waals surface area (Å²) in [6.45, 7) is 2.27. The van der Waals surface area contributed by atoms with Gasteiger partial charge in [-0.1, -0.05) is 29.8 Å². The summed E-state index contributed by atoms with van der Waals surface area (Å²) in [5.41, 5.74) is 8.88. The van der Waals surface area contributed by atoms with Crippen LogP contribution in [0.15, 0.2) is 24.3 Å². The number of fused-ring (bicyclic) bond motifs is 1. The van der Waals surface area contributed by atoms with Crippen molar-refractivity contribution in [1.82, 2.24) is 9.97 Å². The lowest BCUT2D eigenvalue weighted by molar-refractivity contribution is -0.0220. The first-order valence-electron chi connectivity index (χ1n) is 9.46. The number of aromatic nitrogens is 2. The van der Waals surface area contributed by atoms with Gasteiger partial charge in [-0.3, -0.25) is 0 Å². The largest absolute Gasteiger partial charge is 0.463 e. The summed E-state index contributed by atoms with van der Waals surface area (Å²) < 4.78 is 11.3. The van der Waals surface area contributed by atoms with E-state index in [1.165, 1.54) is 5.56 Å². The standard InChI is InChI=1S/C19H25N5O5/c1-10-2-4-11(5-3-10)6-7-28-19-22-16(20)13-17(23-19)24(9-21-13)18-15(27)14(26)12(8-25)29-18/h2-5,12,14-15,18,21,25-27H,6-9H2,1H3,(H2,20,22,23)/t12?,14-,15-,18?/m1/s1. The van der Waals surface area contributed by atoms with Gasteiger partial charge >= 0.3 is 6.01 Å². The molecule has 1 saturated heterocycles. The summed E-state index contributed by atoms with van der Waals surface area (Å²) in [6.07, 6.45) is -3.47. The predicted octanol–water partition coefficient (Wildman–Crippen LogP) is -0.383. The first kappa shape index (κ1) is 19.6. The molecule has 0 bridgehead atoms. The van der Waals surface area contributed by atoms with Crippen LogP contribution in [0.3, 0.4) is 0 Å². The molecule has 10 heteroatoms. The predicted molar refractivity (Wildman–Crippen MR) is 106 cm³/mol. The number of aliphatic hydroxyl groups excluding tert-OH is 3. The Labute approximate surface area is 167 Å². The number of hydrogen-bond donors (Lipinski definition) is 5. The molecule has 0 aliphatic carbocycles. The first-order chi connectivity index (χ1) is 14.0. The number of anilines is 3. The van der Waals surface area contributed by atoms with Crippen molar-refractivity contribution >= 4 is 17.3 Å². The van der Waals surface area contributed by atoms with Crippen LogP contribution in [0.4, 0.5) is 17.3 Å². The number of aryl methyl sites for hydroxylation is 1. The van der Waals surface area contributed by atoms with E-state index in [9.17, 15) is 15.3 Å². The summed E-state index contributed by atoms with van der Waals surface area (Å²) in [7, 11) is 0. The second kappa shape index (κ2) is 7.99. The highest BCUT2D eigenvalue weighted by atomic mass is 16.6. The fourth-order valence-electron chi connectivity index (χ4n) is 3.49. The van der Waals surface area contributed by atoms with Gasteiger partial charge in [0.05, 0.1) is 19.9 Å². The molecule has 1 aromatic carbocycles. The maximum Gasteiger partial charge on any atom is 0.320 e. The van der Waals surface area contributed by atoms with Crippen molar-refractivity contribution in [3.63, 3.8) is 0 Å². The first-order valence-corrected chi connectivity index (χ1v) is 9.46. The molecule has 0 saturated carbocycles. The second-order valence-corrected chi connectivity index (χ2v) is 7.21. The number of nitrogen functional groups attached to an aromatic ring is 1. The molecular weight excluding hydrogens is 378 g/mol. The molecule has 0 amide bonds. The third kappa shape index (κ3) is 3.79. The fourth-order valence-corrected chi connectivity index (χ4v) is 3.49. The lowest BCUT2D eigenvalue weighted by Gasteiger charge is -2.26. The summed E-state index contributed by atoms with van der Waals surface area (Å²) in [6, 6.07) is 8.30. The third-order valence-electron chi connectivity index (χ3n) is 5.16. The molecule has 2 unspecified atom stereocenters. The minimum Gasteiger partial charge on any atom is -0.463 e. The van der Waals surface area contributed by atoms with Crippen LogP contribution in [-0.2, 0) is 11.2 Å². The van der Waals surface area contributed by atoms with E-state index in [1.54, 1.807) is 4.90 Å². The molecule has 1 fully saturated rings. The summed E-state index contributed by atoms with van der Waals surface area (Å²) in [4.78, 5) is 10.2. The Hall–Kier alpha value is -2.66. The Morgan fingerprint density at radius 3 is 2.69 bits per heavy atom. The van der Waals surface area contributed by atoms with Crippen LogP contribution in [0.25, 0.3) is 0 Å². The molecule has 2 aliphatic rings. The molecule has 2 aliphatic heterocycles. The van der Waals surface area contributed by atoms with Crippen LogP contribution in [0.2, 0.25) is 0 Å². The van der Waals surface area contributed by atoms with Crippen LogP contribution in [0.1, 0.15) is 11.1 Å². The minimum absolute atomic E-state index is 0.119. The average molecular weight is 403 g/mol. The lowest BCUT2D eigenvalue weighted by Crippen LogP contribution is -2.44. The van der Waals surface area contributed by atoms with Crippen molar-refractivity contribution in [2.75, 3.05) is 35.8 Å². The van der Waals surface area contributed by atoms with E-state index in [-0.39, 0.29) is 18.5 Å². The Bertz CT molecular complexity index is 865. The summed E-state index contributed by atoms with van der Waals surface area (Å²) in [5.74, 6) is 0.632. The van der Waals surface area contributed by atoms with E-state index in [4.69, 9.17) is 15.2 Å². The highest BCUT2D eigenvalue weighted by Crippen LogP contribution is 2.38. The van der Waals surface area contributed by atoms with Gasteiger partial charge in [-0.05, 0) is 12.5 Å². The zero-order valence-corrected chi connectivity index (χ0v) is 16.0. The molecular formula is C19H25N5O5. The molecule has 6 N–H and O–H groups in total. The van der Waals surface area contributed by atoms with Crippen molar-refractivity contribution in [2.45, 2.75) is 37.9 Å². The fraction of sp³-hybridized carbons (Fsp3) is 0.474. The van der Waals surface area contributed by atoms with E-state index < -0.39 is 31.1 Å². The molecule has 10 nitrogen and oxygen atoms in total. The number of ether oxygens (including phenoxy) is 2. The minimum atomic E-state index is -1.21. The van der Waals surface area contributed by atoms with E-state index in [0.29, 0.717) is 24.5 Å². The van der Waals surface area contributed by atoms with E-state index in [1.807, 2.05) is 31.2 Å². The van der Waals surface area contributed by atoms with Gasteiger partial charge in [-0.2, -0.15) is 9.97 Å². The number of rotatable bonds is 6.